The van der Waals surface area contributed by atoms with E-state index in [9.17, 15) is 4.79 Å². The molecule has 0 aromatic carbocycles. The largest absolute Gasteiger partial charge is 0.310 e. The molecule has 1 unspecified atom stereocenters. The second-order valence-electron chi connectivity index (χ2n) is 4.68. The van der Waals surface area contributed by atoms with Gasteiger partial charge in [-0.2, -0.15) is 11.8 Å². The summed E-state index contributed by atoms with van der Waals surface area (Å²) in [7, 11) is 0. The zero-order valence-corrected chi connectivity index (χ0v) is 10.1. The Balaban J connectivity index is 1.89. The van der Waals surface area contributed by atoms with Crippen LogP contribution in [0.3, 0.4) is 0 Å². The Morgan fingerprint density at radius 3 is 2.88 bits per heavy atom. The molecule has 0 amide bonds. The average molecular weight is 236 g/mol. The molecule has 1 N–H and O–H groups in total. The average Bonchev–Trinajstić information content (AvgIpc) is 3.13. The van der Waals surface area contributed by atoms with Gasteiger partial charge < -0.3 is 4.98 Å². The van der Waals surface area contributed by atoms with Crippen LogP contribution in [0.4, 0.5) is 0 Å². The highest BCUT2D eigenvalue weighted by Gasteiger charge is 2.27. The van der Waals surface area contributed by atoms with Gasteiger partial charge in [0.15, 0.2) is 0 Å². The van der Waals surface area contributed by atoms with E-state index in [4.69, 9.17) is 0 Å². The number of rotatable bonds is 2. The normalized spacial score (nSPS) is 25.6. The summed E-state index contributed by atoms with van der Waals surface area (Å²) in [4.78, 5) is 19.1. The second-order valence-corrected chi connectivity index (χ2v) is 6.00. The molecule has 0 bridgehead atoms. The molecule has 4 heteroatoms. The molecule has 86 valence electrons. The molecule has 1 saturated heterocycles. The van der Waals surface area contributed by atoms with E-state index in [1.165, 1.54) is 31.4 Å². The van der Waals surface area contributed by atoms with Gasteiger partial charge in [-0.15, -0.1) is 0 Å². The Labute approximate surface area is 99.1 Å². The summed E-state index contributed by atoms with van der Waals surface area (Å²) in [6, 6.07) is 1.68. The molecule has 2 heterocycles. The third-order valence-corrected chi connectivity index (χ3v) is 4.65. The molecule has 1 saturated carbocycles. The van der Waals surface area contributed by atoms with E-state index in [1.807, 2.05) is 11.8 Å². The van der Waals surface area contributed by atoms with Gasteiger partial charge >= 0.3 is 0 Å². The summed E-state index contributed by atoms with van der Waals surface area (Å²) in [5.74, 6) is 2.68. The van der Waals surface area contributed by atoms with E-state index >= 15 is 0 Å². The zero-order valence-electron chi connectivity index (χ0n) is 9.24. The van der Waals surface area contributed by atoms with Gasteiger partial charge in [-0.05, 0) is 31.4 Å². The Bertz CT molecular complexity index is 433. The van der Waals surface area contributed by atoms with Crippen molar-refractivity contribution in [2.24, 2.45) is 0 Å². The van der Waals surface area contributed by atoms with Gasteiger partial charge in [0.05, 0.1) is 10.9 Å². The van der Waals surface area contributed by atoms with E-state index < -0.39 is 0 Å². The minimum absolute atomic E-state index is 0.0260. The minimum Gasteiger partial charge on any atom is -0.310 e. The third kappa shape index (κ3) is 2.17. The van der Waals surface area contributed by atoms with Crippen molar-refractivity contribution in [2.75, 3.05) is 5.75 Å². The number of thioether (sulfide) groups is 1. The first kappa shape index (κ1) is 10.4. The molecular formula is C12H16N2OS. The molecule has 1 aromatic rings. The monoisotopic (exact) mass is 236 g/mol. The Kier molecular flexibility index (Phi) is 2.75. The molecule has 1 aliphatic carbocycles. The standard InChI is InChI=1S/C12H16N2OS/c15-11-7-9(8-4-5-8)13-12(14-11)10-3-1-2-6-16-10/h7-8,10H,1-6H2,(H,13,14,15). The van der Waals surface area contributed by atoms with Gasteiger partial charge in [-0.1, -0.05) is 6.42 Å². The first-order chi connectivity index (χ1) is 7.83. The van der Waals surface area contributed by atoms with Crippen LogP contribution in [0, 0.1) is 0 Å². The Morgan fingerprint density at radius 1 is 1.31 bits per heavy atom. The zero-order chi connectivity index (χ0) is 11.0. The fourth-order valence-electron chi connectivity index (χ4n) is 2.19. The van der Waals surface area contributed by atoms with Crippen LogP contribution in [0.5, 0.6) is 0 Å². The number of aromatic nitrogens is 2. The third-order valence-electron chi connectivity index (χ3n) is 3.26. The van der Waals surface area contributed by atoms with E-state index in [2.05, 4.69) is 9.97 Å². The molecule has 2 fully saturated rings. The lowest BCUT2D eigenvalue weighted by Gasteiger charge is -2.20. The highest BCUT2D eigenvalue weighted by atomic mass is 32.2. The highest BCUT2D eigenvalue weighted by Crippen LogP contribution is 2.40. The molecule has 1 aromatic heterocycles. The van der Waals surface area contributed by atoms with Crippen LogP contribution in [0.15, 0.2) is 10.9 Å². The fourth-order valence-corrected chi connectivity index (χ4v) is 3.45. The van der Waals surface area contributed by atoms with Crippen LogP contribution in [0.25, 0.3) is 0 Å². The smallest absolute Gasteiger partial charge is 0.251 e. The topological polar surface area (TPSA) is 45.8 Å². The van der Waals surface area contributed by atoms with Crippen molar-refractivity contribution in [2.45, 2.75) is 43.3 Å². The van der Waals surface area contributed by atoms with Crippen molar-refractivity contribution in [1.82, 2.24) is 9.97 Å². The highest BCUT2D eigenvalue weighted by molar-refractivity contribution is 7.99. The van der Waals surface area contributed by atoms with Crippen molar-refractivity contribution < 1.29 is 0 Å². The maximum atomic E-state index is 11.6. The number of nitrogens with zero attached hydrogens (tertiary/aromatic N) is 1. The van der Waals surface area contributed by atoms with E-state index in [0.29, 0.717) is 11.2 Å². The summed E-state index contributed by atoms with van der Waals surface area (Å²) in [5.41, 5.74) is 1.04. The maximum absolute atomic E-state index is 11.6. The van der Waals surface area contributed by atoms with Crippen LogP contribution in [0.2, 0.25) is 0 Å². The summed E-state index contributed by atoms with van der Waals surface area (Å²) >= 11 is 1.93. The molecule has 3 nitrogen and oxygen atoms in total. The van der Waals surface area contributed by atoms with Gasteiger partial charge in [0.25, 0.3) is 5.56 Å². The van der Waals surface area contributed by atoms with Gasteiger partial charge in [0, 0.05) is 12.0 Å². The summed E-state index contributed by atoms with van der Waals surface area (Å²) in [6.45, 7) is 0. The van der Waals surface area contributed by atoms with Gasteiger partial charge in [0.2, 0.25) is 0 Å². The molecule has 1 aliphatic heterocycles. The summed E-state index contributed by atoms with van der Waals surface area (Å²) in [5, 5.41) is 0.417. The van der Waals surface area contributed by atoms with Crippen LogP contribution in [-0.2, 0) is 0 Å². The first-order valence-corrected chi connectivity index (χ1v) is 7.10. The predicted octanol–water partition coefficient (Wildman–Crippen LogP) is 2.61. The number of nitrogens with one attached hydrogen (secondary N) is 1. The van der Waals surface area contributed by atoms with Crippen molar-refractivity contribution in [1.29, 1.82) is 0 Å². The van der Waals surface area contributed by atoms with Crippen LogP contribution in [-0.4, -0.2) is 15.7 Å². The summed E-state index contributed by atoms with van der Waals surface area (Å²) < 4.78 is 0. The first-order valence-electron chi connectivity index (χ1n) is 6.06. The van der Waals surface area contributed by atoms with Crippen LogP contribution >= 0.6 is 11.8 Å². The fraction of sp³-hybridized carbons (Fsp3) is 0.667. The lowest BCUT2D eigenvalue weighted by Crippen LogP contribution is -2.16. The molecule has 2 aliphatic rings. The molecule has 16 heavy (non-hydrogen) atoms. The van der Waals surface area contributed by atoms with Crippen molar-refractivity contribution >= 4 is 11.8 Å². The van der Waals surface area contributed by atoms with Crippen molar-refractivity contribution in [3.05, 3.63) is 27.9 Å². The molecule has 3 rings (SSSR count). The van der Waals surface area contributed by atoms with E-state index in [1.54, 1.807) is 6.07 Å². The number of hydrogen-bond acceptors (Lipinski definition) is 3. The molecule has 0 spiro atoms. The van der Waals surface area contributed by atoms with E-state index in [-0.39, 0.29) is 5.56 Å². The number of H-pyrrole nitrogens is 1. The van der Waals surface area contributed by atoms with Crippen molar-refractivity contribution in [3.63, 3.8) is 0 Å². The van der Waals surface area contributed by atoms with Gasteiger partial charge in [-0.25, -0.2) is 4.98 Å². The maximum Gasteiger partial charge on any atom is 0.251 e. The quantitative estimate of drug-likeness (QED) is 0.858. The minimum atomic E-state index is 0.0260. The second kappa shape index (κ2) is 4.24. The lowest BCUT2D eigenvalue weighted by atomic mass is 10.1. The predicted molar refractivity (Wildman–Crippen MR) is 65.9 cm³/mol. The lowest BCUT2D eigenvalue weighted by molar-refractivity contribution is 0.656. The van der Waals surface area contributed by atoms with Gasteiger partial charge in [0.1, 0.15) is 5.82 Å². The Morgan fingerprint density at radius 2 is 2.19 bits per heavy atom. The van der Waals surface area contributed by atoms with Crippen molar-refractivity contribution in [3.8, 4) is 0 Å². The van der Waals surface area contributed by atoms with Crippen LogP contribution in [0.1, 0.15) is 54.8 Å². The SMILES string of the molecule is O=c1cc(C2CC2)nc(C2CCCCS2)[nH]1. The van der Waals surface area contributed by atoms with Crippen LogP contribution < -0.4 is 5.56 Å². The Hall–Kier alpha value is -0.770. The molecular weight excluding hydrogens is 220 g/mol. The number of aromatic amines is 1. The number of hydrogen-bond donors (Lipinski definition) is 1. The van der Waals surface area contributed by atoms with E-state index in [0.717, 1.165) is 17.9 Å². The molecule has 1 atom stereocenters. The molecule has 0 radical (unpaired) electrons. The van der Waals surface area contributed by atoms with Gasteiger partial charge in [-0.3, -0.25) is 4.79 Å². The summed E-state index contributed by atoms with van der Waals surface area (Å²) in [6.07, 6.45) is 6.12.